The molecule has 1 atom stereocenters. The van der Waals surface area contributed by atoms with E-state index >= 15 is 0 Å². The molecule has 21 heavy (non-hydrogen) atoms. The number of hydrogen-bond donors (Lipinski definition) is 1. The number of carbonyl (C=O) groups excluding carboxylic acids is 2. The van der Waals surface area contributed by atoms with Crippen molar-refractivity contribution in [1.29, 1.82) is 0 Å². The molecular weight excluding hydrogens is 272 g/mol. The summed E-state index contributed by atoms with van der Waals surface area (Å²) in [4.78, 5) is 29.2. The normalized spacial score (nSPS) is 28.4. The fourth-order valence-electron chi connectivity index (χ4n) is 3.34. The summed E-state index contributed by atoms with van der Waals surface area (Å²) in [6, 6.07) is -0.246. The first kappa shape index (κ1) is 14.7. The molecule has 3 aliphatic heterocycles. The van der Waals surface area contributed by atoms with Gasteiger partial charge in [0.2, 0.25) is 5.91 Å². The molecule has 0 aromatic carbocycles. The Labute approximate surface area is 125 Å². The Morgan fingerprint density at radius 3 is 2.62 bits per heavy atom. The van der Waals surface area contributed by atoms with E-state index in [1.807, 2.05) is 0 Å². The lowest BCUT2D eigenvalue weighted by molar-refractivity contribution is -0.125. The monoisotopic (exact) mass is 296 g/mol. The van der Waals surface area contributed by atoms with Gasteiger partial charge in [-0.2, -0.15) is 0 Å². The average molecular weight is 296 g/mol. The van der Waals surface area contributed by atoms with Crippen LogP contribution in [0.5, 0.6) is 0 Å². The van der Waals surface area contributed by atoms with Crippen LogP contribution in [-0.2, 0) is 9.53 Å². The van der Waals surface area contributed by atoms with Crippen molar-refractivity contribution in [1.82, 2.24) is 20.0 Å². The lowest BCUT2D eigenvalue weighted by atomic mass is 10.1. The second-order valence-electron chi connectivity index (χ2n) is 6.07. The fraction of sp³-hybridized carbons (Fsp3) is 0.857. The van der Waals surface area contributed by atoms with Crippen molar-refractivity contribution >= 4 is 11.9 Å². The predicted octanol–water partition coefficient (Wildman–Crippen LogP) is -0.808. The van der Waals surface area contributed by atoms with Crippen LogP contribution in [0.15, 0.2) is 0 Å². The van der Waals surface area contributed by atoms with E-state index in [9.17, 15) is 9.59 Å². The highest BCUT2D eigenvalue weighted by Crippen LogP contribution is 2.18. The Bertz CT molecular complexity index is 382. The molecule has 0 aliphatic carbocycles. The molecule has 0 spiro atoms. The minimum atomic E-state index is -0.246. The van der Waals surface area contributed by atoms with Crippen molar-refractivity contribution in [3.05, 3.63) is 0 Å². The summed E-state index contributed by atoms with van der Waals surface area (Å²) in [5, 5.41) is 2.56. The summed E-state index contributed by atoms with van der Waals surface area (Å²) in [6.45, 7) is 8.51. The van der Waals surface area contributed by atoms with E-state index < -0.39 is 0 Å². The molecule has 0 radical (unpaired) electrons. The van der Waals surface area contributed by atoms with Gasteiger partial charge in [-0.25, -0.2) is 4.79 Å². The minimum absolute atomic E-state index is 0.107. The van der Waals surface area contributed by atoms with Gasteiger partial charge in [0.05, 0.1) is 19.8 Å². The molecule has 118 valence electrons. The lowest BCUT2D eigenvalue weighted by Gasteiger charge is -2.29. The van der Waals surface area contributed by atoms with E-state index in [1.54, 1.807) is 0 Å². The van der Waals surface area contributed by atoms with Gasteiger partial charge >= 0.3 is 6.03 Å². The zero-order valence-electron chi connectivity index (χ0n) is 12.4. The van der Waals surface area contributed by atoms with Crippen LogP contribution in [-0.4, -0.2) is 92.2 Å². The van der Waals surface area contributed by atoms with Crippen molar-refractivity contribution in [2.75, 3.05) is 65.6 Å². The number of urea groups is 1. The molecule has 0 aromatic heterocycles. The number of nitrogens with zero attached hydrogens (tertiary/aromatic N) is 3. The molecular formula is C14H24N4O3. The SMILES string of the molecule is O=C1CNC(=O)N1CCN1CC[C@@H](CN2CCOCC2)C1. The molecule has 1 N–H and O–H groups in total. The van der Waals surface area contributed by atoms with Gasteiger partial charge in [0.25, 0.3) is 0 Å². The molecule has 0 unspecified atom stereocenters. The summed E-state index contributed by atoms with van der Waals surface area (Å²) < 4.78 is 5.37. The van der Waals surface area contributed by atoms with E-state index in [1.165, 1.54) is 11.3 Å². The van der Waals surface area contributed by atoms with E-state index in [4.69, 9.17) is 4.74 Å². The second kappa shape index (κ2) is 6.72. The van der Waals surface area contributed by atoms with Crippen LogP contribution in [0.4, 0.5) is 4.79 Å². The third-order valence-electron chi connectivity index (χ3n) is 4.57. The molecule has 3 amide bonds. The standard InChI is InChI=1S/C14H24N4O3/c19-13-9-15-14(20)18(13)4-3-16-2-1-12(10-16)11-17-5-7-21-8-6-17/h12H,1-11H2,(H,15,20)/t12-/m1/s1. The van der Waals surface area contributed by atoms with Crippen LogP contribution >= 0.6 is 0 Å². The summed E-state index contributed by atoms with van der Waals surface area (Å²) >= 11 is 0. The van der Waals surface area contributed by atoms with Gasteiger partial charge in [0, 0.05) is 39.3 Å². The van der Waals surface area contributed by atoms with Crippen LogP contribution in [0, 0.1) is 5.92 Å². The molecule has 0 saturated carbocycles. The van der Waals surface area contributed by atoms with Crippen LogP contribution in [0.25, 0.3) is 0 Å². The summed E-state index contributed by atoms with van der Waals surface area (Å²) in [5.74, 6) is 0.593. The second-order valence-corrected chi connectivity index (χ2v) is 6.07. The molecule has 0 aromatic rings. The van der Waals surface area contributed by atoms with Crippen molar-refractivity contribution in [2.45, 2.75) is 6.42 Å². The number of carbonyl (C=O) groups is 2. The van der Waals surface area contributed by atoms with E-state index in [0.29, 0.717) is 12.5 Å². The maximum absolute atomic E-state index is 11.5. The first-order valence-electron chi connectivity index (χ1n) is 7.83. The van der Waals surface area contributed by atoms with Gasteiger partial charge in [-0.3, -0.25) is 14.6 Å². The van der Waals surface area contributed by atoms with Crippen molar-refractivity contribution in [3.63, 3.8) is 0 Å². The van der Waals surface area contributed by atoms with Crippen molar-refractivity contribution in [2.24, 2.45) is 5.92 Å². The summed E-state index contributed by atoms with van der Waals surface area (Å²) in [7, 11) is 0. The lowest BCUT2D eigenvalue weighted by Crippen LogP contribution is -2.40. The number of ether oxygens (including phenoxy) is 1. The Hall–Kier alpha value is -1.18. The van der Waals surface area contributed by atoms with Gasteiger partial charge in [-0.1, -0.05) is 0 Å². The van der Waals surface area contributed by atoms with Gasteiger partial charge < -0.3 is 15.0 Å². The van der Waals surface area contributed by atoms with Crippen LogP contribution in [0.1, 0.15) is 6.42 Å². The molecule has 3 aliphatic rings. The number of imide groups is 1. The summed E-state index contributed by atoms with van der Waals surface area (Å²) in [5.41, 5.74) is 0. The zero-order chi connectivity index (χ0) is 14.7. The topological polar surface area (TPSA) is 65.1 Å². The van der Waals surface area contributed by atoms with Crippen LogP contribution in [0.2, 0.25) is 0 Å². The third kappa shape index (κ3) is 3.72. The number of hydrogen-bond acceptors (Lipinski definition) is 5. The molecule has 0 bridgehead atoms. The largest absolute Gasteiger partial charge is 0.379 e. The first-order valence-corrected chi connectivity index (χ1v) is 7.83. The molecule has 3 heterocycles. The highest BCUT2D eigenvalue weighted by molar-refractivity contribution is 6.01. The smallest absolute Gasteiger partial charge is 0.324 e. The number of nitrogens with one attached hydrogen (secondary N) is 1. The number of amides is 3. The van der Waals surface area contributed by atoms with Gasteiger partial charge in [-0.05, 0) is 18.9 Å². The molecule has 7 heteroatoms. The Morgan fingerprint density at radius 1 is 1.10 bits per heavy atom. The predicted molar refractivity (Wildman–Crippen MR) is 76.9 cm³/mol. The van der Waals surface area contributed by atoms with Gasteiger partial charge in [0.15, 0.2) is 0 Å². The average Bonchev–Trinajstić information content (AvgIpc) is 3.06. The third-order valence-corrected chi connectivity index (χ3v) is 4.57. The van der Waals surface area contributed by atoms with E-state index in [0.717, 1.165) is 52.5 Å². The molecule has 3 rings (SSSR count). The van der Waals surface area contributed by atoms with Gasteiger partial charge in [0.1, 0.15) is 0 Å². The van der Waals surface area contributed by atoms with Crippen LogP contribution in [0.3, 0.4) is 0 Å². The van der Waals surface area contributed by atoms with E-state index in [-0.39, 0.29) is 18.5 Å². The molecule has 3 saturated heterocycles. The Kier molecular flexibility index (Phi) is 4.72. The van der Waals surface area contributed by atoms with E-state index in [2.05, 4.69) is 15.1 Å². The van der Waals surface area contributed by atoms with Crippen LogP contribution < -0.4 is 5.32 Å². The first-order chi connectivity index (χ1) is 10.2. The zero-order valence-corrected chi connectivity index (χ0v) is 12.4. The number of likely N-dealkylation sites (tertiary alicyclic amines) is 1. The minimum Gasteiger partial charge on any atom is -0.379 e. The number of rotatable bonds is 5. The Morgan fingerprint density at radius 2 is 1.90 bits per heavy atom. The quantitative estimate of drug-likeness (QED) is 0.673. The highest BCUT2D eigenvalue weighted by Gasteiger charge is 2.30. The molecule has 3 fully saturated rings. The maximum atomic E-state index is 11.5. The van der Waals surface area contributed by atoms with Crippen molar-refractivity contribution < 1.29 is 14.3 Å². The molecule has 7 nitrogen and oxygen atoms in total. The maximum Gasteiger partial charge on any atom is 0.324 e. The fourth-order valence-corrected chi connectivity index (χ4v) is 3.34. The highest BCUT2D eigenvalue weighted by atomic mass is 16.5. The Balaban J connectivity index is 1.38. The number of morpholine rings is 1. The van der Waals surface area contributed by atoms with Crippen molar-refractivity contribution in [3.8, 4) is 0 Å². The van der Waals surface area contributed by atoms with Gasteiger partial charge in [-0.15, -0.1) is 0 Å². The summed E-state index contributed by atoms with van der Waals surface area (Å²) in [6.07, 6.45) is 1.21.